The molecule has 0 saturated heterocycles. The third-order valence-corrected chi connectivity index (χ3v) is 5.27. The standard InChI is InChI=1S/C16H30N2O/c1-2-3-5-13-6-8-14(9-7-13)15(19)18-16(12-17)10-4-11-16/h13-14H,2-12,17H2,1H3,(H,18,19). The van der Waals surface area contributed by atoms with Crippen molar-refractivity contribution in [3.05, 3.63) is 0 Å². The molecule has 3 nitrogen and oxygen atoms in total. The number of hydrogen-bond donors (Lipinski definition) is 2. The number of nitrogens with two attached hydrogens (primary N) is 1. The summed E-state index contributed by atoms with van der Waals surface area (Å²) in [7, 11) is 0. The van der Waals surface area contributed by atoms with Crippen LogP contribution in [0.5, 0.6) is 0 Å². The zero-order valence-electron chi connectivity index (χ0n) is 12.4. The van der Waals surface area contributed by atoms with Crippen LogP contribution in [0.1, 0.15) is 71.1 Å². The van der Waals surface area contributed by atoms with Gasteiger partial charge in [0.2, 0.25) is 5.91 Å². The molecular formula is C16H30N2O. The minimum atomic E-state index is -0.0455. The van der Waals surface area contributed by atoms with Gasteiger partial charge in [-0.05, 0) is 50.9 Å². The van der Waals surface area contributed by atoms with Crippen LogP contribution in [0.3, 0.4) is 0 Å². The van der Waals surface area contributed by atoms with Crippen LogP contribution in [-0.2, 0) is 4.79 Å². The highest BCUT2D eigenvalue weighted by Crippen LogP contribution is 2.34. The van der Waals surface area contributed by atoms with Crippen molar-refractivity contribution in [2.75, 3.05) is 6.54 Å². The lowest BCUT2D eigenvalue weighted by Gasteiger charge is -2.43. The lowest BCUT2D eigenvalue weighted by atomic mass is 9.75. The molecule has 3 heteroatoms. The van der Waals surface area contributed by atoms with Gasteiger partial charge >= 0.3 is 0 Å². The Hall–Kier alpha value is -0.570. The molecule has 0 aliphatic heterocycles. The molecule has 0 spiro atoms. The molecule has 2 saturated carbocycles. The van der Waals surface area contributed by atoms with Crippen LogP contribution in [0, 0.1) is 11.8 Å². The Kier molecular flexibility index (Phi) is 5.26. The zero-order valence-corrected chi connectivity index (χ0v) is 12.4. The van der Waals surface area contributed by atoms with Crippen molar-refractivity contribution >= 4 is 5.91 Å². The number of unbranched alkanes of at least 4 members (excludes halogenated alkanes) is 1. The summed E-state index contributed by atoms with van der Waals surface area (Å²) in [5.74, 6) is 1.40. The van der Waals surface area contributed by atoms with E-state index >= 15 is 0 Å². The minimum absolute atomic E-state index is 0.0455. The second kappa shape index (κ2) is 6.74. The zero-order chi connectivity index (χ0) is 13.7. The second-order valence-electron chi connectivity index (χ2n) is 6.69. The summed E-state index contributed by atoms with van der Waals surface area (Å²) in [6, 6.07) is 0. The van der Waals surface area contributed by atoms with Crippen molar-refractivity contribution in [1.29, 1.82) is 0 Å². The van der Waals surface area contributed by atoms with Crippen LogP contribution >= 0.6 is 0 Å². The molecule has 2 aliphatic rings. The second-order valence-corrected chi connectivity index (χ2v) is 6.69. The van der Waals surface area contributed by atoms with Gasteiger partial charge in [0.15, 0.2) is 0 Å². The van der Waals surface area contributed by atoms with E-state index in [0.717, 1.165) is 31.6 Å². The summed E-state index contributed by atoms with van der Waals surface area (Å²) in [6.07, 6.45) is 12.0. The average Bonchev–Trinajstić information content (AvgIpc) is 2.41. The van der Waals surface area contributed by atoms with E-state index in [4.69, 9.17) is 5.73 Å². The fourth-order valence-corrected chi connectivity index (χ4v) is 3.55. The van der Waals surface area contributed by atoms with Crippen molar-refractivity contribution in [2.24, 2.45) is 17.6 Å². The van der Waals surface area contributed by atoms with Gasteiger partial charge in [-0.1, -0.05) is 26.2 Å². The number of rotatable bonds is 6. The molecule has 0 atom stereocenters. The van der Waals surface area contributed by atoms with Crippen LogP contribution in [-0.4, -0.2) is 18.0 Å². The van der Waals surface area contributed by atoms with Crippen molar-refractivity contribution < 1.29 is 4.79 Å². The van der Waals surface area contributed by atoms with Crippen molar-refractivity contribution in [3.63, 3.8) is 0 Å². The summed E-state index contributed by atoms with van der Waals surface area (Å²) in [6.45, 7) is 2.86. The minimum Gasteiger partial charge on any atom is -0.349 e. The first-order valence-corrected chi connectivity index (χ1v) is 8.21. The third-order valence-electron chi connectivity index (χ3n) is 5.27. The number of hydrogen-bond acceptors (Lipinski definition) is 2. The molecule has 0 aromatic heterocycles. The van der Waals surface area contributed by atoms with Crippen LogP contribution in [0.4, 0.5) is 0 Å². The normalized spacial score (nSPS) is 29.6. The van der Waals surface area contributed by atoms with E-state index in [1.807, 2.05) is 0 Å². The maximum absolute atomic E-state index is 12.3. The molecule has 3 N–H and O–H groups in total. The first-order chi connectivity index (χ1) is 9.19. The Morgan fingerprint density at radius 2 is 1.95 bits per heavy atom. The fourth-order valence-electron chi connectivity index (χ4n) is 3.55. The average molecular weight is 266 g/mol. The summed E-state index contributed by atoms with van der Waals surface area (Å²) in [5, 5.41) is 3.24. The van der Waals surface area contributed by atoms with Crippen LogP contribution < -0.4 is 11.1 Å². The molecule has 19 heavy (non-hydrogen) atoms. The lowest BCUT2D eigenvalue weighted by Crippen LogP contribution is -2.59. The van der Waals surface area contributed by atoms with Crippen molar-refractivity contribution in [3.8, 4) is 0 Å². The SMILES string of the molecule is CCCCC1CCC(C(=O)NC2(CN)CCC2)CC1. The maximum Gasteiger partial charge on any atom is 0.223 e. The summed E-state index contributed by atoms with van der Waals surface area (Å²) >= 11 is 0. The molecule has 0 aromatic carbocycles. The molecule has 2 rings (SSSR count). The van der Waals surface area contributed by atoms with E-state index in [1.54, 1.807) is 0 Å². The Morgan fingerprint density at radius 1 is 1.26 bits per heavy atom. The van der Waals surface area contributed by atoms with Gasteiger partial charge in [-0.2, -0.15) is 0 Å². The van der Waals surface area contributed by atoms with Gasteiger partial charge in [-0.15, -0.1) is 0 Å². The van der Waals surface area contributed by atoms with E-state index in [9.17, 15) is 4.79 Å². The first-order valence-electron chi connectivity index (χ1n) is 8.21. The molecule has 2 fully saturated rings. The molecule has 0 unspecified atom stereocenters. The summed E-state index contributed by atoms with van der Waals surface area (Å²) in [5.41, 5.74) is 5.76. The van der Waals surface area contributed by atoms with Gasteiger partial charge in [0.1, 0.15) is 0 Å². The molecule has 0 radical (unpaired) electrons. The monoisotopic (exact) mass is 266 g/mol. The van der Waals surface area contributed by atoms with E-state index in [-0.39, 0.29) is 17.4 Å². The number of carbonyl (C=O) groups excluding carboxylic acids is 1. The molecule has 2 aliphatic carbocycles. The van der Waals surface area contributed by atoms with E-state index < -0.39 is 0 Å². The molecule has 110 valence electrons. The van der Waals surface area contributed by atoms with Crippen LogP contribution in [0.2, 0.25) is 0 Å². The van der Waals surface area contributed by atoms with Gasteiger partial charge in [0.05, 0.1) is 5.54 Å². The van der Waals surface area contributed by atoms with E-state index in [0.29, 0.717) is 6.54 Å². The quantitative estimate of drug-likeness (QED) is 0.776. The highest BCUT2D eigenvalue weighted by molar-refractivity contribution is 5.79. The highest BCUT2D eigenvalue weighted by atomic mass is 16.2. The number of amides is 1. The van der Waals surface area contributed by atoms with E-state index in [2.05, 4.69) is 12.2 Å². The largest absolute Gasteiger partial charge is 0.349 e. The molecular weight excluding hydrogens is 236 g/mol. The first kappa shape index (κ1) is 14.8. The van der Waals surface area contributed by atoms with Gasteiger partial charge in [-0.25, -0.2) is 0 Å². The van der Waals surface area contributed by atoms with Crippen molar-refractivity contribution in [1.82, 2.24) is 5.32 Å². The Labute approximate surface area is 117 Å². The third kappa shape index (κ3) is 3.71. The van der Waals surface area contributed by atoms with Gasteiger partial charge in [0, 0.05) is 12.5 Å². The Balaban J connectivity index is 1.73. The smallest absolute Gasteiger partial charge is 0.223 e. The molecule has 1 amide bonds. The van der Waals surface area contributed by atoms with Gasteiger partial charge < -0.3 is 11.1 Å². The number of nitrogens with one attached hydrogen (secondary N) is 1. The van der Waals surface area contributed by atoms with Crippen LogP contribution in [0.25, 0.3) is 0 Å². The predicted octanol–water partition coefficient (Wildman–Crippen LogP) is 2.98. The topological polar surface area (TPSA) is 55.1 Å². The van der Waals surface area contributed by atoms with Crippen LogP contribution in [0.15, 0.2) is 0 Å². The number of carbonyl (C=O) groups is 1. The van der Waals surface area contributed by atoms with E-state index in [1.165, 1.54) is 38.5 Å². The summed E-state index contributed by atoms with van der Waals surface area (Å²) in [4.78, 5) is 12.3. The predicted molar refractivity (Wildman–Crippen MR) is 78.8 cm³/mol. The molecule has 0 aromatic rings. The lowest BCUT2D eigenvalue weighted by molar-refractivity contribution is -0.129. The maximum atomic E-state index is 12.3. The van der Waals surface area contributed by atoms with Gasteiger partial charge in [-0.3, -0.25) is 4.79 Å². The highest BCUT2D eigenvalue weighted by Gasteiger charge is 2.38. The van der Waals surface area contributed by atoms with Crippen molar-refractivity contribution in [2.45, 2.75) is 76.7 Å². The molecule has 0 bridgehead atoms. The Morgan fingerprint density at radius 3 is 2.42 bits per heavy atom. The molecule has 0 heterocycles. The fraction of sp³-hybridized carbons (Fsp3) is 0.938. The van der Waals surface area contributed by atoms with Gasteiger partial charge in [0.25, 0.3) is 0 Å². The Bertz CT molecular complexity index is 286. The summed E-state index contributed by atoms with van der Waals surface area (Å²) < 4.78 is 0.